The third-order valence-electron chi connectivity index (χ3n) is 5.29. The lowest BCUT2D eigenvalue weighted by Gasteiger charge is -2.06. The molecule has 32 heavy (non-hydrogen) atoms. The molecule has 0 unspecified atom stereocenters. The fourth-order valence-electron chi connectivity index (χ4n) is 3.25. The van der Waals surface area contributed by atoms with Gasteiger partial charge in [0.25, 0.3) is 0 Å². The highest BCUT2D eigenvalue weighted by Crippen LogP contribution is 2.13. The monoisotopic (exact) mass is 424 g/mol. The Bertz CT molecular complexity index is 1010. The molecule has 2 aromatic carbocycles. The first kappa shape index (κ1) is 23.2. The minimum Gasteiger partial charge on any atom is -0.493 e. The minimum atomic E-state index is 0.692. The van der Waals surface area contributed by atoms with Gasteiger partial charge < -0.3 is 4.74 Å². The van der Waals surface area contributed by atoms with Crippen LogP contribution in [0.15, 0.2) is 97.6 Å². The number of rotatable bonds is 8. The van der Waals surface area contributed by atoms with Crippen molar-refractivity contribution < 1.29 is 4.74 Å². The van der Waals surface area contributed by atoms with Crippen molar-refractivity contribution in [3.8, 4) is 5.75 Å². The highest BCUT2D eigenvalue weighted by molar-refractivity contribution is 5.27. The molecule has 3 nitrogen and oxygen atoms in total. The maximum Gasteiger partial charge on any atom is 0.119 e. The minimum absolute atomic E-state index is 0.692. The van der Waals surface area contributed by atoms with Gasteiger partial charge in [-0.3, -0.25) is 9.97 Å². The zero-order valence-electron chi connectivity index (χ0n) is 19.1. The maximum atomic E-state index is 5.68. The normalized spacial score (nSPS) is 10.2. The Balaban J connectivity index is 0.000000182. The van der Waals surface area contributed by atoms with Gasteiger partial charge in [-0.2, -0.15) is 0 Å². The lowest BCUT2D eigenvalue weighted by atomic mass is 10.0. The van der Waals surface area contributed by atoms with E-state index in [1.807, 2.05) is 36.8 Å². The Morgan fingerprint density at radius 1 is 0.625 bits per heavy atom. The molecule has 0 atom stereocenters. The van der Waals surface area contributed by atoms with Gasteiger partial charge in [0.15, 0.2) is 0 Å². The molecular formula is C29H32N2O. The number of ether oxygens (including phenoxy) is 1. The summed E-state index contributed by atoms with van der Waals surface area (Å²) in [5.41, 5.74) is 6.62. The van der Waals surface area contributed by atoms with Crippen molar-refractivity contribution in [1.82, 2.24) is 9.97 Å². The number of aromatic nitrogens is 2. The van der Waals surface area contributed by atoms with E-state index < -0.39 is 0 Å². The summed E-state index contributed by atoms with van der Waals surface area (Å²) in [6, 6.07) is 25.2. The number of hydrogen-bond acceptors (Lipinski definition) is 3. The second kappa shape index (κ2) is 13.1. The number of aryl methyl sites for hydroxylation is 4. The summed E-state index contributed by atoms with van der Waals surface area (Å²) >= 11 is 0. The fourth-order valence-corrected chi connectivity index (χ4v) is 3.25. The molecule has 0 aliphatic heterocycles. The van der Waals surface area contributed by atoms with E-state index >= 15 is 0 Å². The van der Waals surface area contributed by atoms with Gasteiger partial charge in [0.2, 0.25) is 0 Å². The topological polar surface area (TPSA) is 35.0 Å². The van der Waals surface area contributed by atoms with E-state index in [0.29, 0.717) is 6.61 Å². The van der Waals surface area contributed by atoms with Crippen LogP contribution in [0.2, 0.25) is 0 Å². The number of hydrogen-bond donors (Lipinski definition) is 0. The first-order chi connectivity index (χ1) is 15.7. The van der Waals surface area contributed by atoms with Gasteiger partial charge in [-0.05, 0) is 78.8 Å². The molecular weight excluding hydrogens is 392 g/mol. The average molecular weight is 425 g/mol. The van der Waals surface area contributed by atoms with Crippen LogP contribution < -0.4 is 4.74 Å². The van der Waals surface area contributed by atoms with Crippen molar-refractivity contribution in [3.05, 3.63) is 125 Å². The van der Waals surface area contributed by atoms with Crippen LogP contribution in [0.3, 0.4) is 0 Å². The predicted octanol–water partition coefficient (Wildman–Crippen LogP) is 6.44. The van der Waals surface area contributed by atoms with Crippen LogP contribution in [0.1, 0.15) is 34.7 Å². The largest absolute Gasteiger partial charge is 0.493 e. The molecule has 4 aromatic rings. The van der Waals surface area contributed by atoms with E-state index in [1.54, 1.807) is 6.20 Å². The fraction of sp³-hybridized carbons (Fsp3) is 0.241. The zero-order valence-corrected chi connectivity index (χ0v) is 19.1. The third-order valence-corrected chi connectivity index (χ3v) is 5.29. The van der Waals surface area contributed by atoms with E-state index in [-0.39, 0.29) is 0 Å². The third kappa shape index (κ3) is 8.35. The lowest BCUT2D eigenvalue weighted by Crippen LogP contribution is -2.01. The van der Waals surface area contributed by atoms with Gasteiger partial charge in [0, 0.05) is 31.2 Å². The maximum absolute atomic E-state index is 5.68. The Hall–Kier alpha value is -3.46. The van der Waals surface area contributed by atoms with Gasteiger partial charge in [0.05, 0.1) is 6.61 Å². The van der Waals surface area contributed by atoms with Crippen molar-refractivity contribution in [1.29, 1.82) is 0 Å². The highest BCUT2D eigenvalue weighted by atomic mass is 16.5. The van der Waals surface area contributed by atoms with Crippen molar-refractivity contribution in [3.63, 3.8) is 0 Å². The first-order valence-electron chi connectivity index (χ1n) is 11.3. The molecule has 164 valence electrons. The Morgan fingerprint density at radius 3 is 1.91 bits per heavy atom. The van der Waals surface area contributed by atoms with E-state index in [2.05, 4.69) is 78.4 Å². The standard InChI is InChI=1S/C15H17NO.C14H15N/c1-2-13-5-7-15(8-6-13)17-11-9-14-4-3-10-16-12-14;1-12-2-4-13(5-3-12)6-7-14-8-10-15-11-9-14/h3-8,10,12H,2,9,11H2,1H3;2-5,8-11H,6-7H2,1H3. The van der Waals surface area contributed by atoms with Gasteiger partial charge in [-0.1, -0.05) is 55.0 Å². The average Bonchev–Trinajstić information content (AvgIpc) is 2.86. The van der Waals surface area contributed by atoms with E-state index in [4.69, 9.17) is 4.74 Å². The molecule has 2 heterocycles. The SMILES string of the molecule is CCc1ccc(OCCc2cccnc2)cc1.Cc1ccc(CCc2ccncc2)cc1. The van der Waals surface area contributed by atoms with Crippen LogP contribution in [0.5, 0.6) is 5.75 Å². The van der Waals surface area contributed by atoms with Crippen molar-refractivity contribution in [2.24, 2.45) is 0 Å². The molecule has 0 aliphatic rings. The Morgan fingerprint density at radius 2 is 1.28 bits per heavy atom. The molecule has 0 bridgehead atoms. The van der Waals surface area contributed by atoms with E-state index in [9.17, 15) is 0 Å². The number of pyridine rings is 2. The van der Waals surface area contributed by atoms with Gasteiger partial charge in [-0.15, -0.1) is 0 Å². The zero-order chi connectivity index (χ0) is 22.4. The first-order valence-corrected chi connectivity index (χ1v) is 11.3. The summed E-state index contributed by atoms with van der Waals surface area (Å²) < 4.78 is 5.68. The highest BCUT2D eigenvalue weighted by Gasteiger charge is 1.96. The molecule has 0 saturated carbocycles. The van der Waals surface area contributed by atoms with E-state index in [1.165, 1.54) is 27.8 Å². The molecule has 0 spiro atoms. The second-order valence-electron chi connectivity index (χ2n) is 7.80. The number of nitrogens with zero attached hydrogens (tertiary/aromatic N) is 2. The molecule has 4 rings (SSSR count). The van der Waals surface area contributed by atoms with Gasteiger partial charge >= 0.3 is 0 Å². The molecule has 0 saturated heterocycles. The quantitative estimate of drug-likeness (QED) is 0.326. The molecule has 0 amide bonds. The predicted molar refractivity (Wildman–Crippen MR) is 132 cm³/mol. The Labute approximate surface area is 192 Å². The molecule has 0 N–H and O–H groups in total. The van der Waals surface area contributed by atoms with Crippen LogP contribution in [-0.2, 0) is 25.7 Å². The van der Waals surface area contributed by atoms with Crippen LogP contribution in [-0.4, -0.2) is 16.6 Å². The van der Waals surface area contributed by atoms with Crippen LogP contribution in [0.4, 0.5) is 0 Å². The van der Waals surface area contributed by atoms with Crippen LogP contribution in [0.25, 0.3) is 0 Å². The van der Waals surface area contributed by atoms with Crippen molar-refractivity contribution >= 4 is 0 Å². The molecule has 2 aromatic heterocycles. The summed E-state index contributed by atoms with van der Waals surface area (Å²) in [4.78, 5) is 8.09. The Kier molecular flexibility index (Phi) is 9.47. The summed E-state index contributed by atoms with van der Waals surface area (Å²) in [5.74, 6) is 0.936. The molecule has 0 aliphatic carbocycles. The van der Waals surface area contributed by atoms with Crippen LogP contribution in [0, 0.1) is 6.92 Å². The summed E-state index contributed by atoms with van der Waals surface area (Å²) in [7, 11) is 0. The smallest absolute Gasteiger partial charge is 0.119 e. The molecule has 0 radical (unpaired) electrons. The van der Waals surface area contributed by atoms with Gasteiger partial charge in [0.1, 0.15) is 5.75 Å². The summed E-state index contributed by atoms with van der Waals surface area (Å²) in [6.45, 7) is 4.96. The van der Waals surface area contributed by atoms with Crippen LogP contribution >= 0.6 is 0 Å². The van der Waals surface area contributed by atoms with E-state index in [0.717, 1.165) is 31.4 Å². The molecule has 0 fully saturated rings. The van der Waals surface area contributed by atoms with Gasteiger partial charge in [-0.25, -0.2) is 0 Å². The molecule has 3 heteroatoms. The summed E-state index contributed by atoms with van der Waals surface area (Å²) in [5, 5.41) is 0. The second-order valence-corrected chi connectivity index (χ2v) is 7.80. The van der Waals surface area contributed by atoms with Crippen molar-refractivity contribution in [2.75, 3.05) is 6.61 Å². The van der Waals surface area contributed by atoms with Crippen molar-refractivity contribution in [2.45, 2.75) is 39.5 Å². The lowest BCUT2D eigenvalue weighted by molar-refractivity contribution is 0.321. The summed E-state index contributed by atoms with van der Waals surface area (Å²) in [6.07, 6.45) is 11.5. The number of benzene rings is 2.